The molecule has 22 heavy (non-hydrogen) atoms. The van der Waals surface area contributed by atoms with Gasteiger partial charge in [0.05, 0.1) is 10.6 Å². The van der Waals surface area contributed by atoms with Crippen LogP contribution in [0.1, 0.15) is 0 Å². The van der Waals surface area contributed by atoms with E-state index in [2.05, 4.69) is 30.8 Å². The Hall–Kier alpha value is -2.52. The summed E-state index contributed by atoms with van der Waals surface area (Å²) in [4.78, 5) is 0. The molecule has 0 radical (unpaired) electrons. The monoisotopic (exact) mass is 331 g/mol. The van der Waals surface area contributed by atoms with Gasteiger partial charge in [-0.1, -0.05) is 23.7 Å². The number of hydrogen-bond donors (Lipinski definition) is 0. The molecule has 4 rings (SSSR count). The molecule has 0 N–H and O–H groups in total. The first-order valence-electron chi connectivity index (χ1n) is 6.11. The Bertz CT molecular complexity index is 953. The van der Waals surface area contributed by atoms with E-state index in [9.17, 15) is 0 Å². The lowest BCUT2D eigenvalue weighted by atomic mass is 10.2. The van der Waals surface area contributed by atoms with Crippen molar-refractivity contribution in [1.29, 1.82) is 0 Å². The van der Waals surface area contributed by atoms with E-state index in [1.807, 2.05) is 18.2 Å². The highest BCUT2D eigenvalue weighted by molar-refractivity contribution is 7.99. The molecule has 0 aliphatic carbocycles. The lowest BCUT2D eigenvalue weighted by Gasteiger charge is -1.97. The fourth-order valence-electron chi connectivity index (χ4n) is 1.77. The molecule has 3 heterocycles. The van der Waals surface area contributed by atoms with Gasteiger partial charge in [-0.3, -0.25) is 0 Å². The van der Waals surface area contributed by atoms with Crippen molar-refractivity contribution >= 4 is 29.0 Å². The van der Waals surface area contributed by atoms with Crippen LogP contribution in [-0.2, 0) is 0 Å². The Morgan fingerprint density at radius 1 is 1.05 bits per heavy atom. The van der Waals surface area contributed by atoms with Gasteiger partial charge in [-0.25, -0.2) is 0 Å². The van der Waals surface area contributed by atoms with Gasteiger partial charge >= 0.3 is 0 Å². The van der Waals surface area contributed by atoms with Crippen molar-refractivity contribution in [3.05, 3.63) is 41.4 Å². The van der Waals surface area contributed by atoms with Gasteiger partial charge in [0.15, 0.2) is 5.65 Å². The second kappa shape index (κ2) is 5.35. The summed E-state index contributed by atoms with van der Waals surface area (Å²) in [6, 6.07) is 10.8. The first-order chi connectivity index (χ1) is 10.8. The van der Waals surface area contributed by atoms with Crippen LogP contribution in [0.25, 0.3) is 17.1 Å². The number of halogens is 1. The fourth-order valence-corrected chi connectivity index (χ4v) is 2.62. The highest BCUT2D eigenvalue weighted by atomic mass is 35.5. The molecule has 0 saturated heterocycles. The maximum atomic E-state index is 6.11. The van der Waals surface area contributed by atoms with Crippen LogP contribution in [0, 0.1) is 0 Å². The van der Waals surface area contributed by atoms with Gasteiger partial charge in [0.2, 0.25) is 5.89 Å². The Labute approximate surface area is 132 Å². The number of hydrogen-bond acceptors (Lipinski definition) is 8. The molecule has 0 amide bonds. The van der Waals surface area contributed by atoms with Gasteiger partial charge < -0.3 is 4.42 Å². The lowest BCUT2D eigenvalue weighted by Crippen LogP contribution is -1.95. The van der Waals surface area contributed by atoms with Crippen molar-refractivity contribution in [2.45, 2.75) is 10.2 Å². The third-order valence-electron chi connectivity index (χ3n) is 2.75. The normalized spacial score (nSPS) is 11.1. The molecule has 0 aliphatic heterocycles. The van der Waals surface area contributed by atoms with Crippen LogP contribution in [0.5, 0.6) is 0 Å². The maximum Gasteiger partial charge on any atom is 0.283 e. The average molecular weight is 332 g/mol. The summed E-state index contributed by atoms with van der Waals surface area (Å²) in [5, 5.41) is 24.8. The average Bonchev–Trinajstić information content (AvgIpc) is 3.16. The molecule has 0 aliphatic rings. The summed E-state index contributed by atoms with van der Waals surface area (Å²) >= 11 is 7.32. The van der Waals surface area contributed by atoms with Crippen molar-refractivity contribution in [1.82, 2.24) is 35.5 Å². The van der Waals surface area contributed by atoms with Crippen LogP contribution in [0.2, 0.25) is 5.02 Å². The largest absolute Gasteiger partial charge is 0.411 e. The zero-order valence-electron chi connectivity index (χ0n) is 10.8. The summed E-state index contributed by atoms with van der Waals surface area (Å²) in [7, 11) is 0. The van der Waals surface area contributed by atoms with E-state index in [1.165, 1.54) is 16.4 Å². The number of aromatic nitrogens is 7. The molecule has 0 fully saturated rings. The molecule has 108 valence electrons. The minimum Gasteiger partial charge on any atom is -0.411 e. The van der Waals surface area contributed by atoms with Crippen molar-refractivity contribution in [2.75, 3.05) is 0 Å². The van der Waals surface area contributed by atoms with Crippen LogP contribution >= 0.6 is 23.4 Å². The number of benzene rings is 1. The second-order valence-corrected chi connectivity index (χ2v) is 5.53. The van der Waals surface area contributed by atoms with Crippen molar-refractivity contribution in [3.63, 3.8) is 0 Å². The highest BCUT2D eigenvalue weighted by Crippen LogP contribution is 2.30. The van der Waals surface area contributed by atoms with Gasteiger partial charge in [-0.05, 0) is 46.5 Å². The van der Waals surface area contributed by atoms with Crippen molar-refractivity contribution < 1.29 is 4.42 Å². The summed E-state index contributed by atoms with van der Waals surface area (Å²) in [5.74, 6) is 0.358. The Morgan fingerprint density at radius 2 is 1.95 bits per heavy atom. The molecule has 0 saturated carbocycles. The van der Waals surface area contributed by atoms with E-state index in [0.717, 1.165) is 0 Å². The molecular weight excluding hydrogens is 326 g/mol. The predicted octanol–water partition coefficient (Wildman–Crippen LogP) is 2.37. The van der Waals surface area contributed by atoms with Crippen LogP contribution in [0.15, 0.2) is 51.1 Å². The van der Waals surface area contributed by atoms with E-state index in [1.54, 1.807) is 18.2 Å². The second-order valence-electron chi connectivity index (χ2n) is 4.15. The van der Waals surface area contributed by atoms with Crippen molar-refractivity contribution in [3.8, 4) is 11.5 Å². The van der Waals surface area contributed by atoms with E-state index >= 15 is 0 Å². The van der Waals surface area contributed by atoms with Crippen LogP contribution < -0.4 is 0 Å². The molecule has 0 unspecified atom stereocenters. The van der Waals surface area contributed by atoms with Gasteiger partial charge in [-0.2, -0.15) is 0 Å². The molecule has 10 heteroatoms. The number of nitrogens with zero attached hydrogens (tertiary/aromatic N) is 7. The zero-order valence-corrected chi connectivity index (χ0v) is 12.4. The summed E-state index contributed by atoms with van der Waals surface area (Å²) < 4.78 is 6.93. The van der Waals surface area contributed by atoms with E-state index < -0.39 is 0 Å². The molecule has 4 aromatic rings. The quantitative estimate of drug-likeness (QED) is 0.564. The van der Waals surface area contributed by atoms with E-state index in [4.69, 9.17) is 16.0 Å². The SMILES string of the molecule is Clc1ccccc1-c1nnc(Sc2ccc3nnnn3n2)o1. The van der Waals surface area contributed by atoms with Gasteiger partial charge in [0, 0.05) is 0 Å². The molecule has 0 atom stereocenters. The summed E-state index contributed by atoms with van der Waals surface area (Å²) in [6.07, 6.45) is 0. The van der Waals surface area contributed by atoms with E-state index in [0.29, 0.717) is 32.4 Å². The predicted molar refractivity (Wildman–Crippen MR) is 77.4 cm³/mol. The standard InChI is InChI=1S/C12H6ClN7OS/c13-8-4-2-1-3-7(8)11-15-16-12(21-11)22-10-6-5-9-14-18-19-20(9)17-10/h1-6H. The Balaban J connectivity index is 1.63. The number of fused-ring (bicyclic) bond motifs is 1. The molecule has 0 spiro atoms. The fraction of sp³-hybridized carbons (Fsp3) is 0. The smallest absolute Gasteiger partial charge is 0.283 e. The van der Waals surface area contributed by atoms with Crippen molar-refractivity contribution in [2.24, 2.45) is 0 Å². The van der Waals surface area contributed by atoms with Crippen LogP contribution in [0.3, 0.4) is 0 Å². The number of tetrazole rings is 1. The van der Waals surface area contributed by atoms with Crippen LogP contribution in [-0.4, -0.2) is 35.5 Å². The molecule has 3 aromatic heterocycles. The van der Waals surface area contributed by atoms with Gasteiger partial charge in [0.25, 0.3) is 5.22 Å². The molecule has 1 aromatic carbocycles. The topological polar surface area (TPSA) is 94.9 Å². The number of rotatable bonds is 3. The molecular formula is C12H6ClN7OS. The summed E-state index contributed by atoms with van der Waals surface area (Å²) in [6.45, 7) is 0. The molecule has 0 bridgehead atoms. The third kappa shape index (κ3) is 2.40. The van der Waals surface area contributed by atoms with Gasteiger partial charge in [0.1, 0.15) is 5.03 Å². The Morgan fingerprint density at radius 3 is 2.86 bits per heavy atom. The molecule has 8 nitrogen and oxygen atoms in total. The van der Waals surface area contributed by atoms with Crippen LogP contribution in [0.4, 0.5) is 0 Å². The summed E-state index contributed by atoms with van der Waals surface area (Å²) in [5.41, 5.74) is 1.25. The minimum absolute atomic E-state index is 0.356. The lowest BCUT2D eigenvalue weighted by molar-refractivity contribution is 0.465. The minimum atomic E-state index is 0.356. The first kappa shape index (κ1) is 13.2. The van der Waals surface area contributed by atoms with Gasteiger partial charge in [-0.15, -0.1) is 25.0 Å². The van der Waals surface area contributed by atoms with E-state index in [-0.39, 0.29) is 0 Å². The zero-order chi connectivity index (χ0) is 14.9. The highest BCUT2D eigenvalue weighted by Gasteiger charge is 2.13. The maximum absolute atomic E-state index is 6.11. The first-order valence-corrected chi connectivity index (χ1v) is 7.31. The third-order valence-corrected chi connectivity index (χ3v) is 3.84. The Kier molecular flexibility index (Phi) is 3.20.